The second-order valence-electron chi connectivity index (χ2n) is 14.8. The molecule has 6 aliphatic rings. The molecule has 0 radical (unpaired) electrons. The molecule has 0 aromatic carbocycles. The Morgan fingerprint density at radius 1 is 1.00 bits per heavy atom. The van der Waals surface area contributed by atoms with Gasteiger partial charge in [0.1, 0.15) is 6.07 Å². The summed E-state index contributed by atoms with van der Waals surface area (Å²) in [5.74, 6) is -0.0971. The van der Waals surface area contributed by atoms with Crippen molar-refractivity contribution in [3.05, 3.63) is 23.3 Å². The summed E-state index contributed by atoms with van der Waals surface area (Å²) < 4.78 is 5.41. The Kier molecular flexibility index (Phi) is 4.91. The number of allylic oxidation sites excluding steroid dienone is 4. The molecule has 4 fully saturated rings. The summed E-state index contributed by atoms with van der Waals surface area (Å²) in [6.45, 7) is 11.4. The zero-order valence-corrected chi connectivity index (χ0v) is 23.3. The third-order valence-corrected chi connectivity index (χ3v) is 12.9. The van der Waals surface area contributed by atoms with Crippen LogP contribution < -0.4 is 0 Å². The molecule has 4 saturated carbocycles. The molecule has 6 aliphatic carbocycles. The average molecular weight is 504 g/mol. The van der Waals surface area contributed by atoms with Crippen LogP contribution in [0.1, 0.15) is 92.4 Å². The first-order valence-corrected chi connectivity index (χ1v) is 14.3. The minimum Gasteiger partial charge on any atom is -0.469 e. The maximum atomic E-state index is 14.4. The molecular weight excluding hydrogens is 462 g/mol. The van der Waals surface area contributed by atoms with E-state index < -0.39 is 16.2 Å². The zero-order valence-electron chi connectivity index (χ0n) is 23.3. The number of Topliss-reactive ketones (excluding diaryl/α,β-unsaturated/α-hetero) is 1. The number of nitriles is 1. The maximum Gasteiger partial charge on any atom is 0.312 e. The van der Waals surface area contributed by atoms with Gasteiger partial charge in [0, 0.05) is 16.7 Å². The van der Waals surface area contributed by atoms with Crippen molar-refractivity contribution in [2.24, 2.45) is 50.2 Å². The summed E-state index contributed by atoms with van der Waals surface area (Å²) in [6.07, 6.45) is 11.6. The highest BCUT2D eigenvalue weighted by Crippen LogP contribution is 2.76. The van der Waals surface area contributed by atoms with Crippen molar-refractivity contribution in [1.29, 1.82) is 5.26 Å². The Morgan fingerprint density at radius 3 is 2.30 bits per heavy atom. The normalized spacial score (nSPS) is 46.8. The van der Waals surface area contributed by atoms with Crippen LogP contribution in [0.4, 0.5) is 0 Å². The fourth-order valence-corrected chi connectivity index (χ4v) is 10.6. The lowest BCUT2D eigenvalue weighted by Gasteiger charge is -2.68. The van der Waals surface area contributed by atoms with Gasteiger partial charge in [-0.05, 0) is 91.9 Å². The molecule has 5 nitrogen and oxygen atoms in total. The number of methoxy groups -OCH3 is 1. The van der Waals surface area contributed by atoms with Gasteiger partial charge in [0.15, 0.2) is 11.6 Å². The molecule has 0 bridgehead atoms. The summed E-state index contributed by atoms with van der Waals surface area (Å²) in [5.41, 5.74) is -0.537. The minimum atomic E-state index is -0.587. The highest BCUT2D eigenvalue weighted by molar-refractivity contribution is 6.06. The predicted octanol–water partition coefficient (Wildman–Crippen LogP) is 6.13. The van der Waals surface area contributed by atoms with Crippen molar-refractivity contribution >= 4 is 17.5 Å². The fourth-order valence-electron chi connectivity index (χ4n) is 10.6. The Balaban J connectivity index is 1.52. The number of rotatable bonds is 1. The second-order valence-corrected chi connectivity index (χ2v) is 14.8. The van der Waals surface area contributed by atoms with Gasteiger partial charge in [-0.1, -0.05) is 46.3 Å². The van der Waals surface area contributed by atoms with E-state index in [1.807, 2.05) is 12.2 Å². The predicted molar refractivity (Wildman–Crippen MR) is 139 cm³/mol. The lowest BCUT2D eigenvalue weighted by atomic mass is 9.34. The van der Waals surface area contributed by atoms with Crippen LogP contribution >= 0.6 is 0 Å². The van der Waals surface area contributed by atoms with Crippen molar-refractivity contribution in [2.75, 3.05) is 7.11 Å². The number of nitrogens with zero attached hydrogens (tertiary/aromatic N) is 1. The molecule has 0 aliphatic heterocycles. The van der Waals surface area contributed by atoms with Gasteiger partial charge in [-0.3, -0.25) is 14.4 Å². The zero-order chi connectivity index (χ0) is 26.8. The molecule has 0 amide bonds. The van der Waals surface area contributed by atoms with E-state index in [4.69, 9.17) is 4.74 Å². The second kappa shape index (κ2) is 7.25. The van der Waals surface area contributed by atoms with Gasteiger partial charge < -0.3 is 4.74 Å². The summed E-state index contributed by atoms with van der Waals surface area (Å²) in [7, 11) is 1.49. The van der Waals surface area contributed by atoms with E-state index in [2.05, 4.69) is 40.7 Å². The lowest BCUT2D eigenvalue weighted by Crippen LogP contribution is -2.65. The van der Waals surface area contributed by atoms with Crippen LogP contribution in [0.3, 0.4) is 0 Å². The van der Waals surface area contributed by atoms with Crippen LogP contribution in [0.2, 0.25) is 0 Å². The molecule has 0 unspecified atom stereocenters. The molecule has 5 heteroatoms. The van der Waals surface area contributed by atoms with Gasteiger partial charge in [-0.25, -0.2) is 0 Å². The summed E-state index contributed by atoms with van der Waals surface area (Å²) in [5, 5.41) is 9.89. The third kappa shape index (κ3) is 2.83. The van der Waals surface area contributed by atoms with Gasteiger partial charge in [0.25, 0.3) is 0 Å². The van der Waals surface area contributed by atoms with E-state index in [0.29, 0.717) is 0 Å². The largest absolute Gasteiger partial charge is 0.469 e. The standard InChI is InChI=1S/C32H41NO4/c1-27(2)9-11-31(26(36)37-6)12-10-30(5)24(20(31)17-27)21(34)15-23-28(3)16-19(18-33)25(35)32(13-14-32)22(28)7-8-29(23,30)4/h15-16,20,22,24H,7-14,17H2,1-6H3/t20-,22+,24-,28-,29+,30+,31-/m0/s1. The van der Waals surface area contributed by atoms with Crippen LogP contribution in [0.25, 0.3) is 0 Å². The number of carbonyl (C=O) groups is 3. The molecule has 0 aromatic heterocycles. The number of esters is 1. The number of ether oxygens (including phenoxy) is 1. The quantitative estimate of drug-likeness (QED) is 0.402. The molecule has 37 heavy (non-hydrogen) atoms. The van der Waals surface area contributed by atoms with Gasteiger partial charge >= 0.3 is 5.97 Å². The van der Waals surface area contributed by atoms with Gasteiger partial charge in [-0.15, -0.1) is 0 Å². The van der Waals surface area contributed by atoms with Crippen molar-refractivity contribution in [3.8, 4) is 6.07 Å². The van der Waals surface area contributed by atoms with E-state index >= 15 is 0 Å². The Labute approximate surface area is 221 Å². The van der Waals surface area contributed by atoms with Crippen LogP contribution in [0, 0.1) is 61.6 Å². The maximum absolute atomic E-state index is 14.4. The molecule has 0 aromatic rings. The van der Waals surface area contributed by atoms with Crippen molar-refractivity contribution in [3.63, 3.8) is 0 Å². The first-order chi connectivity index (χ1) is 17.2. The van der Waals surface area contributed by atoms with Crippen LogP contribution in [0.5, 0.6) is 0 Å². The van der Waals surface area contributed by atoms with Crippen LogP contribution in [0.15, 0.2) is 23.3 Å². The number of carbonyl (C=O) groups excluding carboxylic acids is 3. The smallest absolute Gasteiger partial charge is 0.312 e. The third-order valence-electron chi connectivity index (χ3n) is 12.9. The minimum absolute atomic E-state index is 0.0258. The highest BCUT2D eigenvalue weighted by Gasteiger charge is 2.73. The number of ketones is 2. The molecule has 198 valence electrons. The molecule has 6 rings (SSSR count). The molecule has 0 N–H and O–H groups in total. The average Bonchev–Trinajstić information content (AvgIpc) is 3.63. The number of fused-ring (bicyclic) bond motifs is 8. The van der Waals surface area contributed by atoms with Gasteiger partial charge in [-0.2, -0.15) is 5.26 Å². The van der Waals surface area contributed by atoms with Gasteiger partial charge in [0.2, 0.25) is 0 Å². The van der Waals surface area contributed by atoms with E-state index in [0.717, 1.165) is 63.4 Å². The monoisotopic (exact) mass is 503 g/mol. The first kappa shape index (κ1) is 25.1. The van der Waals surface area contributed by atoms with E-state index in [-0.39, 0.29) is 57.1 Å². The lowest BCUT2D eigenvalue weighted by molar-refractivity contribution is -0.190. The molecular formula is C32H41NO4. The molecule has 7 atom stereocenters. The van der Waals surface area contributed by atoms with Crippen molar-refractivity contribution < 1.29 is 19.1 Å². The van der Waals surface area contributed by atoms with Crippen LogP contribution in [-0.2, 0) is 19.1 Å². The van der Waals surface area contributed by atoms with E-state index in [1.54, 1.807) is 0 Å². The first-order valence-electron chi connectivity index (χ1n) is 14.3. The molecule has 1 spiro atoms. The SMILES string of the molecule is COC(=O)[C@]12CCC(C)(C)C[C@H]1[C@H]1C(=O)C=C3[C@@]4(C)C=C(C#N)C(=O)C5(CC5)[C@@H]4CC[C@@]3(C)[C@]1(C)CC2. The molecule has 0 heterocycles. The van der Waals surface area contributed by atoms with Gasteiger partial charge in [0.05, 0.1) is 18.1 Å². The van der Waals surface area contributed by atoms with Crippen LogP contribution in [-0.4, -0.2) is 24.6 Å². The number of hydrogen-bond donors (Lipinski definition) is 0. The Bertz CT molecular complexity index is 1230. The Hall–Kier alpha value is -2.22. The topological polar surface area (TPSA) is 84.2 Å². The summed E-state index contributed by atoms with van der Waals surface area (Å²) in [6, 6.07) is 2.21. The summed E-state index contributed by atoms with van der Waals surface area (Å²) in [4.78, 5) is 41.0. The highest BCUT2D eigenvalue weighted by atomic mass is 16.5. The number of hydrogen-bond acceptors (Lipinski definition) is 5. The summed E-state index contributed by atoms with van der Waals surface area (Å²) >= 11 is 0. The molecule has 0 saturated heterocycles. The van der Waals surface area contributed by atoms with Crippen molar-refractivity contribution in [1.82, 2.24) is 0 Å². The van der Waals surface area contributed by atoms with Crippen molar-refractivity contribution in [2.45, 2.75) is 92.4 Å². The fraction of sp³-hybridized carbons (Fsp3) is 0.750. The van der Waals surface area contributed by atoms with E-state index in [1.165, 1.54) is 7.11 Å². The van der Waals surface area contributed by atoms with E-state index in [9.17, 15) is 19.6 Å². The Morgan fingerprint density at radius 2 is 1.68 bits per heavy atom.